The first kappa shape index (κ1) is 18.9. The van der Waals surface area contributed by atoms with Gasteiger partial charge >= 0.3 is 0 Å². The quantitative estimate of drug-likeness (QED) is 0.380. The second-order valence-corrected chi connectivity index (χ2v) is 8.36. The van der Waals surface area contributed by atoms with E-state index in [1.165, 1.54) is 22.9 Å². The number of hydrogen-bond donors (Lipinski definition) is 0. The smallest absolute Gasteiger partial charge is 0.226 e. The van der Waals surface area contributed by atoms with Crippen molar-refractivity contribution in [2.75, 3.05) is 0 Å². The van der Waals surface area contributed by atoms with Crippen LogP contribution in [0.5, 0.6) is 0 Å². The summed E-state index contributed by atoms with van der Waals surface area (Å²) in [6.07, 6.45) is 0. The summed E-state index contributed by atoms with van der Waals surface area (Å²) < 4.78 is 8.59. The summed E-state index contributed by atoms with van der Waals surface area (Å²) >= 11 is 5.01. The molecule has 142 valence electrons. The van der Waals surface area contributed by atoms with Crippen molar-refractivity contribution in [2.45, 2.75) is 31.7 Å². The van der Waals surface area contributed by atoms with Gasteiger partial charge < -0.3 is 4.42 Å². The third-order valence-electron chi connectivity index (χ3n) is 4.09. The predicted octanol–water partition coefficient (Wildman–Crippen LogP) is 5.30. The zero-order chi connectivity index (χ0) is 19.7. The molecule has 4 aromatic rings. The summed E-state index contributed by atoms with van der Waals surface area (Å²) in [5.41, 5.74) is 4.41. The highest BCUT2D eigenvalue weighted by atomic mass is 79.9. The van der Waals surface area contributed by atoms with Crippen LogP contribution in [0.3, 0.4) is 0 Å². The summed E-state index contributed by atoms with van der Waals surface area (Å²) in [6, 6.07) is 14.5. The van der Waals surface area contributed by atoms with Crippen molar-refractivity contribution in [1.29, 1.82) is 0 Å². The van der Waals surface area contributed by atoms with Crippen molar-refractivity contribution in [3.05, 3.63) is 69.8 Å². The van der Waals surface area contributed by atoms with E-state index in [2.05, 4.69) is 72.9 Å². The Balaban J connectivity index is 1.78. The van der Waals surface area contributed by atoms with E-state index in [1.54, 1.807) is 6.92 Å². The van der Waals surface area contributed by atoms with E-state index in [-0.39, 0.29) is 0 Å². The van der Waals surface area contributed by atoms with Gasteiger partial charge in [0.2, 0.25) is 11.8 Å². The number of thioether (sulfide) groups is 1. The van der Waals surface area contributed by atoms with E-state index in [4.69, 9.17) is 4.42 Å². The number of aryl methyl sites for hydroxylation is 3. The predicted molar refractivity (Wildman–Crippen MR) is 113 cm³/mol. The van der Waals surface area contributed by atoms with E-state index < -0.39 is 0 Å². The molecule has 2 heterocycles. The van der Waals surface area contributed by atoms with Crippen molar-refractivity contribution in [3.8, 4) is 17.1 Å². The van der Waals surface area contributed by atoms with Gasteiger partial charge in [-0.2, -0.15) is 0 Å². The zero-order valence-electron chi connectivity index (χ0n) is 15.7. The summed E-state index contributed by atoms with van der Waals surface area (Å²) in [5, 5.41) is 17.7. The first-order valence-corrected chi connectivity index (χ1v) is 10.5. The summed E-state index contributed by atoms with van der Waals surface area (Å²) in [7, 11) is 0. The molecule has 0 aliphatic carbocycles. The number of benzene rings is 2. The van der Waals surface area contributed by atoms with Crippen molar-refractivity contribution in [1.82, 2.24) is 25.0 Å². The van der Waals surface area contributed by atoms with Gasteiger partial charge in [-0.05, 0) is 49.2 Å². The molecule has 0 aliphatic rings. The zero-order valence-corrected chi connectivity index (χ0v) is 18.1. The van der Waals surface area contributed by atoms with Crippen LogP contribution in [0.25, 0.3) is 17.1 Å². The molecule has 0 bridgehead atoms. The lowest BCUT2D eigenvalue weighted by Gasteiger charge is -2.12. The van der Waals surface area contributed by atoms with E-state index >= 15 is 0 Å². The van der Waals surface area contributed by atoms with Crippen LogP contribution in [0, 0.1) is 20.8 Å². The number of aromatic nitrogens is 5. The van der Waals surface area contributed by atoms with Crippen LogP contribution in [-0.4, -0.2) is 25.0 Å². The molecule has 0 N–H and O–H groups in total. The third-order valence-corrected chi connectivity index (χ3v) is 5.54. The highest BCUT2D eigenvalue weighted by molar-refractivity contribution is 9.10. The average molecular weight is 456 g/mol. The molecule has 4 rings (SSSR count). The van der Waals surface area contributed by atoms with Crippen LogP contribution in [0.15, 0.2) is 56.5 Å². The molecule has 0 saturated heterocycles. The molecular weight excluding hydrogens is 438 g/mol. The van der Waals surface area contributed by atoms with Gasteiger partial charge in [-0.15, -0.1) is 20.4 Å². The normalized spacial score (nSPS) is 11.1. The highest BCUT2D eigenvalue weighted by Gasteiger charge is 2.18. The van der Waals surface area contributed by atoms with Crippen molar-refractivity contribution in [3.63, 3.8) is 0 Å². The second kappa shape index (κ2) is 7.89. The minimum Gasteiger partial charge on any atom is -0.425 e. The molecule has 2 aromatic carbocycles. The van der Waals surface area contributed by atoms with Crippen LogP contribution < -0.4 is 0 Å². The Morgan fingerprint density at radius 2 is 1.64 bits per heavy atom. The third kappa shape index (κ3) is 4.02. The van der Waals surface area contributed by atoms with Gasteiger partial charge in [-0.3, -0.25) is 4.57 Å². The van der Waals surface area contributed by atoms with E-state index in [9.17, 15) is 0 Å². The van der Waals surface area contributed by atoms with Gasteiger partial charge in [0.05, 0.1) is 11.4 Å². The van der Waals surface area contributed by atoms with Crippen molar-refractivity contribution >= 4 is 27.7 Å². The Bertz CT molecular complexity index is 1100. The monoisotopic (exact) mass is 455 g/mol. The molecule has 28 heavy (non-hydrogen) atoms. The number of rotatable bonds is 5. The molecule has 0 saturated carbocycles. The minimum atomic E-state index is 0.532. The Hall–Kier alpha value is -2.45. The van der Waals surface area contributed by atoms with Gasteiger partial charge in [-0.25, -0.2) is 0 Å². The van der Waals surface area contributed by atoms with Gasteiger partial charge in [-0.1, -0.05) is 45.9 Å². The Kier molecular flexibility index (Phi) is 5.32. The summed E-state index contributed by atoms with van der Waals surface area (Å²) in [5.74, 6) is 2.45. The number of nitrogens with zero attached hydrogens (tertiary/aromatic N) is 5. The first-order valence-electron chi connectivity index (χ1n) is 8.71. The fraction of sp³-hybridized carbons (Fsp3) is 0.200. The molecule has 0 fully saturated rings. The lowest BCUT2D eigenvalue weighted by molar-refractivity contribution is 0.485. The molecule has 6 nitrogen and oxygen atoms in total. The number of halogens is 1. The van der Waals surface area contributed by atoms with Crippen LogP contribution in [0.2, 0.25) is 0 Å². The SMILES string of the molecule is Cc1cc(C)cc(-n2c(SCc3nnc(C)o3)nnc2-c2ccc(Br)cc2)c1. The van der Waals surface area contributed by atoms with Crippen LogP contribution in [0.1, 0.15) is 22.9 Å². The highest BCUT2D eigenvalue weighted by Crippen LogP contribution is 2.31. The molecule has 0 radical (unpaired) electrons. The second-order valence-electron chi connectivity index (χ2n) is 6.50. The maximum Gasteiger partial charge on any atom is 0.226 e. The minimum absolute atomic E-state index is 0.532. The molecular formula is C20H18BrN5OS. The lowest BCUT2D eigenvalue weighted by Crippen LogP contribution is -2.01. The van der Waals surface area contributed by atoms with Crippen molar-refractivity contribution < 1.29 is 4.42 Å². The van der Waals surface area contributed by atoms with Gasteiger partial charge in [0.1, 0.15) is 0 Å². The molecule has 0 amide bonds. The first-order chi connectivity index (χ1) is 13.5. The molecule has 0 aliphatic heterocycles. The Labute approximate surface area is 175 Å². The molecule has 0 spiro atoms. The fourth-order valence-corrected chi connectivity index (χ4v) is 4.04. The van der Waals surface area contributed by atoms with Crippen molar-refractivity contribution in [2.24, 2.45) is 0 Å². The van der Waals surface area contributed by atoms with E-state index in [0.717, 1.165) is 26.7 Å². The van der Waals surface area contributed by atoms with Gasteiger partial charge in [0.15, 0.2) is 11.0 Å². The van der Waals surface area contributed by atoms with Gasteiger partial charge in [0.25, 0.3) is 0 Å². The molecule has 8 heteroatoms. The maximum absolute atomic E-state index is 5.49. The summed E-state index contributed by atoms with van der Waals surface area (Å²) in [4.78, 5) is 0. The Morgan fingerprint density at radius 3 is 2.29 bits per heavy atom. The van der Waals surface area contributed by atoms with Gasteiger partial charge in [0, 0.05) is 17.0 Å². The largest absolute Gasteiger partial charge is 0.425 e. The maximum atomic E-state index is 5.49. The molecule has 0 atom stereocenters. The topological polar surface area (TPSA) is 69.6 Å². The number of hydrogen-bond acceptors (Lipinski definition) is 6. The van der Waals surface area contributed by atoms with E-state index in [1.807, 2.05) is 24.3 Å². The van der Waals surface area contributed by atoms with Crippen LogP contribution in [0.4, 0.5) is 0 Å². The fourth-order valence-electron chi connectivity index (χ4n) is 2.98. The summed E-state index contributed by atoms with van der Waals surface area (Å²) in [6.45, 7) is 5.97. The molecule has 0 unspecified atom stereocenters. The van der Waals surface area contributed by atoms with Crippen LogP contribution in [-0.2, 0) is 5.75 Å². The Morgan fingerprint density at radius 1 is 0.929 bits per heavy atom. The lowest BCUT2D eigenvalue weighted by atomic mass is 10.1. The average Bonchev–Trinajstić information content (AvgIpc) is 3.26. The van der Waals surface area contributed by atoms with Crippen LogP contribution >= 0.6 is 27.7 Å². The standard InChI is InChI=1S/C20H18BrN5OS/c1-12-8-13(2)10-17(9-12)26-19(15-4-6-16(21)7-5-15)24-25-20(26)28-11-18-23-22-14(3)27-18/h4-10H,11H2,1-3H3. The van der Waals surface area contributed by atoms with E-state index in [0.29, 0.717) is 17.5 Å². The molecule has 2 aromatic heterocycles.